The zero-order valence-corrected chi connectivity index (χ0v) is 10.9. The van der Waals surface area contributed by atoms with Crippen molar-refractivity contribution in [2.24, 2.45) is 5.73 Å². The van der Waals surface area contributed by atoms with Gasteiger partial charge in [0.05, 0.1) is 11.1 Å². The second-order valence-electron chi connectivity index (χ2n) is 4.22. The van der Waals surface area contributed by atoms with Gasteiger partial charge in [-0.3, -0.25) is 0 Å². The van der Waals surface area contributed by atoms with Crippen LogP contribution in [-0.4, -0.2) is 0 Å². The lowest BCUT2D eigenvalue weighted by Gasteiger charge is -2.15. The molecule has 0 radical (unpaired) electrons. The van der Waals surface area contributed by atoms with Crippen LogP contribution in [0.4, 0.5) is 4.39 Å². The Hall–Kier alpha value is -1.38. The first-order chi connectivity index (χ1) is 8.63. The van der Waals surface area contributed by atoms with Gasteiger partial charge < -0.3 is 5.73 Å². The van der Waals surface area contributed by atoms with Crippen LogP contribution in [0.3, 0.4) is 0 Å². The van der Waals surface area contributed by atoms with E-state index in [0.29, 0.717) is 5.56 Å². The SMILES string of the molecule is CCc1cccc(C(N)c2cccc(F)c2Cl)c1. The highest BCUT2D eigenvalue weighted by molar-refractivity contribution is 6.31. The van der Waals surface area contributed by atoms with E-state index in [-0.39, 0.29) is 5.02 Å². The van der Waals surface area contributed by atoms with Crippen molar-refractivity contribution in [2.45, 2.75) is 19.4 Å². The van der Waals surface area contributed by atoms with Crippen LogP contribution >= 0.6 is 11.6 Å². The van der Waals surface area contributed by atoms with Crippen molar-refractivity contribution in [3.05, 3.63) is 70.0 Å². The van der Waals surface area contributed by atoms with Gasteiger partial charge in [-0.05, 0) is 29.2 Å². The van der Waals surface area contributed by atoms with E-state index >= 15 is 0 Å². The molecule has 0 aliphatic carbocycles. The van der Waals surface area contributed by atoms with E-state index in [1.807, 2.05) is 24.3 Å². The fraction of sp³-hybridized carbons (Fsp3) is 0.200. The van der Waals surface area contributed by atoms with Crippen molar-refractivity contribution in [1.29, 1.82) is 0 Å². The molecule has 1 nitrogen and oxygen atoms in total. The summed E-state index contributed by atoms with van der Waals surface area (Å²) in [5.41, 5.74) is 8.92. The van der Waals surface area contributed by atoms with E-state index in [0.717, 1.165) is 12.0 Å². The molecule has 2 aromatic rings. The quantitative estimate of drug-likeness (QED) is 0.887. The predicted octanol–water partition coefficient (Wildman–Crippen LogP) is 4.09. The molecule has 0 heterocycles. The zero-order valence-electron chi connectivity index (χ0n) is 10.2. The molecule has 0 amide bonds. The van der Waals surface area contributed by atoms with Crippen LogP contribution in [0.15, 0.2) is 42.5 Å². The van der Waals surface area contributed by atoms with Crippen LogP contribution < -0.4 is 5.73 Å². The third-order valence-electron chi connectivity index (χ3n) is 3.03. The summed E-state index contributed by atoms with van der Waals surface area (Å²) in [6, 6.07) is 12.3. The van der Waals surface area contributed by atoms with Gasteiger partial charge in [-0.1, -0.05) is 54.9 Å². The molecule has 0 aliphatic heterocycles. The third-order valence-corrected chi connectivity index (χ3v) is 3.43. The lowest BCUT2D eigenvalue weighted by molar-refractivity contribution is 0.624. The van der Waals surface area contributed by atoms with Crippen LogP contribution in [0.1, 0.15) is 29.7 Å². The molecular weight excluding hydrogens is 249 g/mol. The summed E-state index contributed by atoms with van der Waals surface area (Å²) < 4.78 is 13.4. The molecule has 0 fully saturated rings. The lowest BCUT2D eigenvalue weighted by Crippen LogP contribution is -2.13. The average Bonchev–Trinajstić information content (AvgIpc) is 2.41. The van der Waals surface area contributed by atoms with E-state index < -0.39 is 11.9 Å². The number of aryl methyl sites for hydroxylation is 1. The Kier molecular flexibility index (Phi) is 4.00. The van der Waals surface area contributed by atoms with Gasteiger partial charge in [0.15, 0.2) is 0 Å². The topological polar surface area (TPSA) is 26.0 Å². The lowest BCUT2D eigenvalue weighted by atomic mass is 9.97. The van der Waals surface area contributed by atoms with Crippen LogP contribution in [-0.2, 0) is 6.42 Å². The summed E-state index contributed by atoms with van der Waals surface area (Å²) in [5, 5.41) is 0.104. The first kappa shape index (κ1) is 13.1. The molecule has 2 rings (SSSR count). The Morgan fingerprint density at radius 3 is 2.67 bits per heavy atom. The minimum absolute atomic E-state index is 0.104. The van der Waals surface area contributed by atoms with Gasteiger partial charge in [0.2, 0.25) is 0 Å². The van der Waals surface area contributed by atoms with E-state index in [2.05, 4.69) is 6.92 Å². The Morgan fingerprint density at radius 1 is 1.22 bits per heavy atom. The maximum Gasteiger partial charge on any atom is 0.142 e. The number of rotatable bonds is 3. The first-order valence-electron chi connectivity index (χ1n) is 5.91. The van der Waals surface area contributed by atoms with Crippen LogP contribution in [0.25, 0.3) is 0 Å². The number of benzene rings is 2. The maximum absolute atomic E-state index is 13.4. The van der Waals surface area contributed by atoms with E-state index in [1.54, 1.807) is 12.1 Å². The molecule has 0 saturated carbocycles. The van der Waals surface area contributed by atoms with Crippen molar-refractivity contribution in [3.8, 4) is 0 Å². The second kappa shape index (κ2) is 5.51. The molecule has 0 aliphatic rings. The Labute approximate surface area is 111 Å². The standard InChI is InChI=1S/C15H15ClFN/c1-2-10-5-3-6-11(9-10)15(18)12-7-4-8-13(17)14(12)16/h3-9,15H,2,18H2,1H3. The number of nitrogens with two attached hydrogens (primary N) is 1. The Bertz CT molecular complexity index is 554. The highest BCUT2D eigenvalue weighted by Gasteiger charge is 2.15. The number of hydrogen-bond donors (Lipinski definition) is 1. The van der Waals surface area contributed by atoms with Crippen LogP contribution in [0, 0.1) is 5.82 Å². The van der Waals surface area contributed by atoms with E-state index in [1.165, 1.54) is 11.6 Å². The number of hydrogen-bond acceptors (Lipinski definition) is 1. The molecule has 2 aromatic carbocycles. The Morgan fingerprint density at radius 2 is 1.94 bits per heavy atom. The summed E-state index contributed by atoms with van der Waals surface area (Å²) in [4.78, 5) is 0. The molecule has 0 spiro atoms. The minimum Gasteiger partial charge on any atom is -0.320 e. The molecule has 94 valence electrons. The molecule has 0 bridgehead atoms. The van der Waals surface area contributed by atoms with Gasteiger partial charge in [-0.15, -0.1) is 0 Å². The van der Waals surface area contributed by atoms with Gasteiger partial charge in [0, 0.05) is 0 Å². The monoisotopic (exact) mass is 263 g/mol. The fourth-order valence-electron chi connectivity index (χ4n) is 1.95. The zero-order chi connectivity index (χ0) is 13.1. The maximum atomic E-state index is 13.4. The normalized spacial score (nSPS) is 12.4. The third kappa shape index (κ3) is 2.55. The van der Waals surface area contributed by atoms with Gasteiger partial charge in [-0.2, -0.15) is 0 Å². The van der Waals surface area contributed by atoms with Gasteiger partial charge in [-0.25, -0.2) is 4.39 Å². The van der Waals surface area contributed by atoms with Gasteiger partial charge in [0.1, 0.15) is 5.82 Å². The van der Waals surface area contributed by atoms with Gasteiger partial charge in [0.25, 0.3) is 0 Å². The average molecular weight is 264 g/mol. The summed E-state index contributed by atoms with van der Waals surface area (Å²) in [5.74, 6) is -0.434. The van der Waals surface area contributed by atoms with Crippen LogP contribution in [0.5, 0.6) is 0 Å². The molecular formula is C15H15ClFN. The molecule has 18 heavy (non-hydrogen) atoms. The Balaban J connectivity index is 2.41. The smallest absolute Gasteiger partial charge is 0.142 e. The van der Waals surface area contributed by atoms with E-state index in [9.17, 15) is 4.39 Å². The molecule has 2 N–H and O–H groups in total. The molecule has 0 aromatic heterocycles. The highest BCUT2D eigenvalue weighted by atomic mass is 35.5. The van der Waals surface area contributed by atoms with Crippen molar-refractivity contribution < 1.29 is 4.39 Å². The summed E-state index contributed by atoms with van der Waals surface area (Å²) >= 11 is 5.96. The molecule has 0 saturated heterocycles. The van der Waals surface area contributed by atoms with Gasteiger partial charge >= 0.3 is 0 Å². The molecule has 1 atom stereocenters. The first-order valence-corrected chi connectivity index (χ1v) is 6.29. The van der Waals surface area contributed by atoms with Crippen molar-refractivity contribution >= 4 is 11.6 Å². The van der Waals surface area contributed by atoms with Crippen molar-refractivity contribution in [1.82, 2.24) is 0 Å². The van der Waals surface area contributed by atoms with Crippen molar-refractivity contribution in [2.75, 3.05) is 0 Å². The largest absolute Gasteiger partial charge is 0.320 e. The highest BCUT2D eigenvalue weighted by Crippen LogP contribution is 2.28. The fourth-order valence-corrected chi connectivity index (χ4v) is 2.19. The summed E-state index contributed by atoms with van der Waals surface area (Å²) in [6.45, 7) is 2.08. The summed E-state index contributed by atoms with van der Waals surface area (Å²) in [6.07, 6.45) is 0.942. The van der Waals surface area contributed by atoms with Crippen molar-refractivity contribution in [3.63, 3.8) is 0 Å². The second-order valence-corrected chi connectivity index (χ2v) is 4.60. The molecule has 3 heteroatoms. The minimum atomic E-state index is -0.434. The summed E-state index contributed by atoms with van der Waals surface area (Å²) in [7, 11) is 0. The predicted molar refractivity (Wildman–Crippen MR) is 73.3 cm³/mol. The van der Waals surface area contributed by atoms with Crippen LogP contribution in [0.2, 0.25) is 5.02 Å². The van der Waals surface area contributed by atoms with E-state index in [4.69, 9.17) is 17.3 Å². The number of halogens is 2. The molecule has 1 unspecified atom stereocenters.